The largest absolute Gasteiger partial charge is 6.00 e. The van der Waals surface area contributed by atoms with Crippen molar-refractivity contribution in [2.24, 2.45) is 0 Å². The molecular formula is C6HBrFeN6. The van der Waals surface area contributed by atoms with E-state index >= 15 is 0 Å². The molecule has 0 unspecified atom stereocenters. The van der Waals surface area contributed by atoms with Crippen molar-refractivity contribution < 1.29 is 17.1 Å². The second kappa shape index (κ2) is 255. The van der Waals surface area contributed by atoms with Crippen LogP contribution in [0.2, 0.25) is 0 Å². The van der Waals surface area contributed by atoms with E-state index in [1.165, 1.54) is 0 Å². The molecule has 0 aliphatic rings. The molecule has 0 heterocycles. The standard InChI is InChI=1S/6CN.BrH.Fe/c6*1-2;;/h;;;;;;1H;/q6*-1;;+6. The van der Waals surface area contributed by atoms with Crippen LogP contribution in [-0.2, 0) is 17.1 Å². The van der Waals surface area contributed by atoms with Gasteiger partial charge < -0.3 is 71.0 Å². The summed E-state index contributed by atoms with van der Waals surface area (Å²) in [5.74, 6) is 0. The van der Waals surface area contributed by atoms with E-state index in [-0.39, 0.29) is 34.1 Å². The summed E-state index contributed by atoms with van der Waals surface area (Å²) >= 11 is 0. The first-order valence-electron chi connectivity index (χ1n) is 1.34. The maximum absolute atomic E-state index is 6.25. The molecular weight excluding hydrogens is 292 g/mol. The van der Waals surface area contributed by atoms with Crippen LogP contribution in [0.1, 0.15) is 0 Å². The zero-order valence-corrected chi connectivity index (χ0v) is 9.26. The summed E-state index contributed by atoms with van der Waals surface area (Å²) in [4.78, 5) is 0. The Kier molecular flexibility index (Phi) is 1670. The van der Waals surface area contributed by atoms with Crippen molar-refractivity contribution in [2.75, 3.05) is 0 Å². The molecule has 0 aromatic heterocycles. The first kappa shape index (κ1) is 92.1. The predicted molar refractivity (Wildman–Crippen MR) is 40.1 cm³/mol. The van der Waals surface area contributed by atoms with Crippen molar-refractivity contribution in [1.29, 1.82) is 31.6 Å². The molecule has 0 saturated heterocycles. The van der Waals surface area contributed by atoms with Crippen LogP contribution in [0.15, 0.2) is 0 Å². The predicted octanol–water partition coefficient (Wildman–Crippen LogP) is 1.15. The van der Waals surface area contributed by atoms with Gasteiger partial charge >= 0.3 is 17.1 Å². The molecule has 0 radical (unpaired) electrons. The molecule has 0 aliphatic heterocycles. The summed E-state index contributed by atoms with van der Waals surface area (Å²) in [5, 5.41) is 37.5. The minimum atomic E-state index is 0. The number of rotatable bonds is 0. The summed E-state index contributed by atoms with van der Waals surface area (Å²) in [7, 11) is 0. The fourth-order valence-electron chi connectivity index (χ4n) is 0. The van der Waals surface area contributed by atoms with Gasteiger partial charge in [-0.05, 0) is 0 Å². The average molecular weight is 293 g/mol. The van der Waals surface area contributed by atoms with E-state index in [0.717, 1.165) is 0 Å². The normalized spacial score (nSPS) is 0.857. The van der Waals surface area contributed by atoms with Crippen LogP contribution in [0.4, 0.5) is 0 Å². The van der Waals surface area contributed by atoms with Crippen molar-refractivity contribution in [3.05, 3.63) is 39.4 Å². The molecule has 0 aromatic carbocycles. The first-order chi connectivity index (χ1) is 6.00. The third-order valence-electron chi connectivity index (χ3n) is 0. The fraction of sp³-hybridized carbons (Fsp3) is 0. The summed E-state index contributed by atoms with van der Waals surface area (Å²) in [6, 6.07) is 0. The van der Waals surface area contributed by atoms with E-state index in [0.29, 0.717) is 0 Å². The minimum Gasteiger partial charge on any atom is -0.512 e. The van der Waals surface area contributed by atoms with Crippen molar-refractivity contribution in [3.63, 3.8) is 0 Å². The van der Waals surface area contributed by atoms with Gasteiger partial charge in [0, 0.05) is 0 Å². The zero-order valence-electron chi connectivity index (χ0n) is 6.45. The molecule has 0 atom stereocenters. The Morgan fingerprint density at radius 3 is 0.357 bits per heavy atom. The molecule has 0 bridgehead atoms. The van der Waals surface area contributed by atoms with E-state index in [1.54, 1.807) is 0 Å². The summed E-state index contributed by atoms with van der Waals surface area (Å²) < 4.78 is 0. The van der Waals surface area contributed by atoms with Crippen LogP contribution in [0, 0.1) is 71.0 Å². The second-order valence-corrected chi connectivity index (χ2v) is 0. The van der Waals surface area contributed by atoms with E-state index in [9.17, 15) is 0 Å². The van der Waals surface area contributed by atoms with Crippen LogP contribution in [0.5, 0.6) is 0 Å². The van der Waals surface area contributed by atoms with Gasteiger partial charge in [-0.3, -0.25) is 0 Å². The molecule has 0 N–H and O–H groups in total. The monoisotopic (exact) mass is 292 g/mol. The number of hydrogen-bond acceptors (Lipinski definition) is 6. The maximum Gasteiger partial charge on any atom is 6.00 e. The van der Waals surface area contributed by atoms with E-state index in [4.69, 9.17) is 71.0 Å². The van der Waals surface area contributed by atoms with Gasteiger partial charge in [-0.15, -0.1) is 17.0 Å². The van der Waals surface area contributed by atoms with Crippen molar-refractivity contribution in [3.8, 4) is 0 Å². The molecule has 0 fully saturated rings. The van der Waals surface area contributed by atoms with Crippen LogP contribution >= 0.6 is 17.0 Å². The van der Waals surface area contributed by atoms with Gasteiger partial charge in [-0.25, -0.2) is 0 Å². The number of nitrogens with zero attached hydrogens (tertiary/aromatic N) is 6. The van der Waals surface area contributed by atoms with Crippen molar-refractivity contribution in [2.45, 2.75) is 0 Å². The quantitative estimate of drug-likeness (QED) is 0.484. The zero-order chi connectivity index (χ0) is 12.0. The molecule has 0 spiro atoms. The summed E-state index contributed by atoms with van der Waals surface area (Å²) in [6.07, 6.45) is 0. The summed E-state index contributed by atoms with van der Waals surface area (Å²) in [6.45, 7) is 28.5. The van der Waals surface area contributed by atoms with E-state index in [2.05, 4.69) is 0 Å². The fourth-order valence-corrected chi connectivity index (χ4v) is 0. The summed E-state index contributed by atoms with van der Waals surface area (Å²) in [5.41, 5.74) is 0. The first-order valence-corrected chi connectivity index (χ1v) is 1.34. The Balaban J connectivity index is -0.00000000500. The van der Waals surface area contributed by atoms with E-state index in [1.807, 2.05) is 0 Å². The van der Waals surface area contributed by atoms with Crippen LogP contribution in [0.3, 0.4) is 0 Å². The molecule has 0 aliphatic carbocycles. The van der Waals surface area contributed by atoms with Crippen LogP contribution in [-0.4, -0.2) is 0 Å². The van der Waals surface area contributed by atoms with Crippen LogP contribution < -0.4 is 0 Å². The minimum absolute atomic E-state index is 0. The SMILES string of the molecule is Br.[C-]#N.[C-]#N.[C-]#N.[C-]#N.[C-]#N.[C-]#N.[Fe+6]. The van der Waals surface area contributed by atoms with Gasteiger partial charge in [0.05, 0.1) is 0 Å². The molecule has 70 valence electrons. The van der Waals surface area contributed by atoms with Gasteiger partial charge in [0.25, 0.3) is 0 Å². The molecule has 0 aromatic rings. The third kappa shape index (κ3) is 187. The third-order valence-corrected chi connectivity index (χ3v) is 0. The van der Waals surface area contributed by atoms with Gasteiger partial charge in [0.2, 0.25) is 0 Å². The Labute approximate surface area is 105 Å². The Morgan fingerprint density at radius 1 is 0.357 bits per heavy atom. The molecule has 14 heavy (non-hydrogen) atoms. The van der Waals surface area contributed by atoms with Gasteiger partial charge in [0.15, 0.2) is 0 Å². The van der Waals surface area contributed by atoms with E-state index < -0.39 is 0 Å². The average Bonchev–Trinajstić information content (AvgIpc) is 2.33. The van der Waals surface area contributed by atoms with Crippen molar-refractivity contribution in [1.82, 2.24) is 0 Å². The Morgan fingerprint density at radius 2 is 0.357 bits per heavy atom. The Hall–Kier alpha value is -2.06. The van der Waals surface area contributed by atoms with Gasteiger partial charge in [0.1, 0.15) is 0 Å². The molecule has 0 amide bonds. The van der Waals surface area contributed by atoms with Crippen LogP contribution in [0.25, 0.3) is 0 Å². The Bertz CT molecular complexity index is 97.3. The second-order valence-electron chi connectivity index (χ2n) is 0. The topological polar surface area (TPSA) is 143 Å². The maximum atomic E-state index is 6.25. The molecule has 0 saturated carbocycles. The molecule has 0 rings (SSSR count). The molecule has 8 heteroatoms. The smallest absolute Gasteiger partial charge is 0.512 e. The molecule has 6 nitrogen and oxygen atoms in total. The number of halogens is 1. The number of hydrogen-bond donors (Lipinski definition) is 0. The van der Waals surface area contributed by atoms with Gasteiger partial charge in [-0.1, -0.05) is 0 Å². The van der Waals surface area contributed by atoms with Gasteiger partial charge in [-0.2, -0.15) is 0 Å². The van der Waals surface area contributed by atoms with Crippen molar-refractivity contribution >= 4 is 17.0 Å².